The average Bonchev–Trinajstić information content (AvgIpc) is 2.48. The largest absolute Gasteiger partial charge is 0.373 e. The molecular weight excluding hydrogens is 248 g/mol. The van der Waals surface area contributed by atoms with Gasteiger partial charge in [-0.2, -0.15) is 0 Å². The maximum Gasteiger partial charge on any atom is 0.0727 e. The zero-order valence-electron chi connectivity index (χ0n) is 11.7. The summed E-state index contributed by atoms with van der Waals surface area (Å²) in [5.41, 5.74) is 2.37. The first kappa shape index (κ1) is 14.5. The first-order valence-electron chi connectivity index (χ1n) is 6.73. The molecule has 0 bridgehead atoms. The molecule has 0 unspecified atom stereocenters. The molecule has 2 nitrogen and oxygen atoms in total. The molecule has 2 aromatic rings. The lowest BCUT2D eigenvalue weighted by atomic mass is 10.00. The summed E-state index contributed by atoms with van der Waals surface area (Å²) >= 11 is 0. The lowest BCUT2D eigenvalue weighted by Gasteiger charge is -2.12. The van der Waals surface area contributed by atoms with Gasteiger partial charge >= 0.3 is 0 Å². The molecule has 0 N–H and O–H groups in total. The summed E-state index contributed by atoms with van der Waals surface area (Å²) in [4.78, 5) is 0. The molecule has 0 aliphatic heterocycles. The highest BCUT2D eigenvalue weighted by molar-refractivity contribution is 5.88. The highest BCUT2D eigenvalue weighted by Gasteiger charge is 2.06. The van der Waals surface area contributed by atoms with Crippen LogP contribution >= 0.6 is 0 Å². The van der Waals surface area contributed by atoms with E-state index < -0.39 is 0 Å². The van der Waals surface area contributed by atoms with E-state index in [4.69, 9.17) is 9.47 Å². The third-order valence-corrected chi connectivity index (χ3v) is 3.06. The van der Waals surface area contributed by atoms with Crippen LogP contribution in [0.2, 0.25) is 0 Å². The molecule has 0 saturated carbocycles. The topological polar surface area (TPSA) is 18.5 Å². The molecule has 0 atom stereocenters. The Morgan fingerprint density at radius 1 is 0.800 bits per heavy atom. The average molecular weight is 268 g/mol. The molecule has 0 radical (unpaired) electrons. The summed E-state index contributed by atoms with van der Waals surface area (Å²) < 4.78 is 11.2. The Morgan fingerprint density at radius 3 is 1.75 bits per heavy atom. The van der Waals surface area contributed by atoms with Crippen LogP contribution in [-0.4, -0.2) is 13.2 Å². The second kappa shape index (κ2) is 7.63. The van der Waals surface area contributed by atoms with E-state index in [1.165, 1.54) is 21.9 Å². The van der Waals surface area contributed by atoms with E-state index >= 15 is 0 Å². The molecule has 0 aliphatic rings. The van der Waals surface area contributed by atoms with E-state index in [0.717, 1.165) is 0 Å². The molecule has 0 amide bonds. The molecule has 0 aliphatic carbocycles. The van der Waals surface area contributed by atoms with E-state index in [0.29, 0.717) is 26.4 Å². The van der Waals surface area contributed by atoms with Crippen molar-refractivity contribution in [2.45, 2.75) is 13.2 Å². The van der Waals surface area contributed by atoms with Crippen molar-refractivity contribution < 1.29 is 9.47 Å². The summed E-state index contributed by atoms with van der Waals surface area (Å²) in [7, 11) is 0. The minimum absolute atomic E-state index is 0.561. The Hall–Kier alpha value is -1.90. The van der Waals surface area contributed by atoms with Gasteiger partial charge in [-0.25, -0.2) is 0 Å². The number of benzene rings is 2. The van der Waals surface area contributed by atoms with Crippen LogP contribution in [0.4, 0.5) is 0 Å². The van der Waals surface area contributed by atoms with Gasteiger partial charge < -0.3 is 9.47 Å². The first-order chi connectivity index (χ1) is 9.86. The lowest BCUT2D eigenvalue weighted by Crippen LogP contribution is -1.98. The zero-order chi connectivity index (χ0) is 14.2. The Labute approximate surface area is 120 Å². The summed E-state index contributed by atoms with van der Waals surface area (Å²) in [6, 6.07) is 12.5. The molecule has 2 rings (SSSR count). The lowest BCUT2D eigenvalue weighted by molar-refractivity contribution is 0.146. The second-order valence-corrected chi connectivity index (χ2v) is 4.54. The third-order valence-electron chi connectivity index (χ3n) is 3.06. The van der Waals surface area contributed by atoms with E-state index in [9.17, 15) is 0 Å². The maximum absolute atomic E-state index is 5.58. The van der Waals surface area contributed by atoms with Crippen molar-refractivity contribution in [2.75, 3.05) is 13.2 Å². The minimum Gasteiger partial charge on any atom is -0.373 e. The molecule has 104 valence electrons. The number of hydrogen-bond donors (Lipinski definition) is 0. The summed E-state index contributed by atoms with van der Waals surface area (Å²) in [5, 5.41) is 2.44. The molecule has 0 spiro atoms. The van der Waals surface area contributed by atoms with Gasteiger partial charge in [0.15, 0.2) is 0 Å². The minimum atomic E-state index is 0.561. The second-order valence-electron chi connectivity index (χ2n) is 4.54. The van der Waals surface area contributed by atoms with Crippen molar-refractivity contribution in [1.82, 2.24) is 0 Å². The number of fused-ring (bicyclic) bond motifs is 1. The van der Waals surface area contributed by atoms with Crippen LogP contribution in [0.15, 0.2) is 61.7 Å². The molecule has 0 heterocycles. The van der Waals surface area contributed by atoms with Crippen molar-refractivity contribution >= 4 is 10.8 Å². The van der Waals surface area contributed by atoms with Crippen LogP contribution in [0.5, 0.6) is 0 Å². The fourth-order valence-corrected chi connectivity index (χ4v) is 2.25. The van der Waals surface area contributed by atoms with Gasteiger partial charge in [0.1, 0.15) is 0 Å². The molecule has 2 heteroatoms. The Kier molecular flexibility index (Phi) is 5.54. The Balaban J connectivity index is 2.30. The highest BCUT2D eigenvalue weighted by Crippen LogP contribution is 2.24. The van der Waals surface area contributed by atoms with Crippen LogP contribution in [0, 0.1) is 0 Å². The summed E-state index contributed by atoms with van der Waals surface area (Å²) in [6.07, 6.45) is 3.53. The quantitative estimate of drug-likeness (QED) is 0.526. The third kappa shape index (κ3) is 3.56. The Morgan fingerprint density at radius 2 is 1.30 bits per heavy atom. The molecule has 2 aromatic carbocycles. The van der Waals surface area contributed by atoms with Crippen LogP contribution < -0.4 is 0 Å². The van der Waals surface area contributed by atoms with Crippen molar-refractivity contribution in [3.63, 3.8) is 0 Å². The van der Waals surface area contributed by atoms with Crippen molar-refractivity contribution in [3.05, 3.63) is 72.8 Å². The summed E-state index contributed by atoms with van der Waals surface area (Å²) in [5.74, 6) is 0. The van der Waals surface area contributed by atoms with Gasteiger partial charge in [-0.05, 0) is 21.9 Å². The number of hydrogen-bond acceptors (Lipinski definition) is 2. The van der Waals surface area contributed by atoms with Crippen LogP contribution in [0.1, 0.15) is 11.1 Å². The van der Waals surface area contributed by atoms with Crippen LogP contribution in [-0.2, 0) is 22.7 Å². The molecule has 0 aromatic heterocycles. The number of rotatable bonds is 8. The predicted molar refractivity (Wildman–Crippen MR) is 83.7 cm³/mol. The van der Waals surface area contributed by atoms with Gasteiger partial charge in [0, 0.05) is 0 Å². The normalized spacial score (nSPS) is 10.6. The summed E-state index contributed by atoms with van der Waals surface area (Å²) in [6.45, 7) is 9.63. The molecule has 0 saturated heterocycles. The van der Waals surface area contributed by atoms with E-state index in [1.807, 2.05) is 0 Å². The van der Waals surface area contributed by atoms with Gasteiger partial charge in [0.25, 0.3) is 0 Å². The van der Waals surface area contributed by atoms with Gasteiger partial charge in [-0.15, -0.1) is 13.2 Å². The van der Waals surface area contributed by atoms with Gasteiger partial charge in [0.05, 0.1) is 26.4 Å². The molecule has 0 fully saturated rings. The van der Waals surface area contributed by atoms with Crippen LogP contribution in [0.25, 0.3) is 10.8 Å². The first-order valence-corrected chi connectivity index (χ1v) is 6.73. The van der Waals surface area contributed by atoms with Crippen molar-refractivity contribution in [3.8, 4) is 0 Å². The van der Waals surface area contributed by atoms with E-state index in [2.05, 4.69) is 49.6 Å². The van der Waals surface area contributed by atoms with Gasteiger partial charge in [-0.3, -0.25) is 0 Å². The number of ether oxygens (including phenoxy) is 2. The maximum atomic E-state index is 5.58. The van der Waals surface area contributed by atoms with E-state index in [1.54, 1.807) is 12.2 Å². The van der Waals surface area contributed by atoms with Gasteiger partial charge in [0.2, 0.25) is 0 Å². The Bertz CT molecular complexity index is 538. The zero-order valence-corrected chi connectivity index (χ0v) is 11.7. The smallest absolute Gasteiger partial charge is 0.0727 e. The predicted octanol–water partition coefficient (Wildman–Crippen LogP) is 4.25. The molecular formula is C18H20O2. The van der Waals surface area contributed by atoms with Gasteiger partial charge in [-0.1, -0.05) is 48.6 Å². The van der Waals surface area contributed by atoms with Crippen LogP contribution in [0.3, 0.4) is 0 Å². The van der Waals surface area contributed by atoms with E-state index in [-0.39, 0.29) is 0 Å². The van der Waals surface area contributed by atoms with Crippen molar-refractivity contribution in [2.24, 2.45) is 0 Å². The fraction of sp³-hybridized carbons (Fsp3) is 0.222. The SMILES string of the molecule is C=CCOCc1cccc2cccc(COCC=C)c12. The monoisotopic (exact) mass is 268 g/mol. The van der Waals surface area contributed by atoms with Crippen molar-refractivity contribution in [1.29, 1.82) is 0 Å². The highest BCUT2D eigenvalue weighted by atomic mass is 16.5. The standard InChI is InChI=1S/C18H20O2/c1-3-11-19-13-16-9-5-7-15-8-6-10-17(18(15)16)14-20-12-4-2/h3-10H,1-2,11-14H2. The molecule has 20 heavy (non-hydrogen) atoms. The fourth-order valence-electron chi connectivity index (χ4n) is 2.25.